The first-order valence-corrected chi connectivity index (χ1v) is 32.0. The predicted molar refractivity (Wildman–Crippen MR) is 334 cm³/mol. The van der Waals surface area contributed by atoms with Gasteiger partial charge in [0.1, 0.15) is 13.2 Å². The highest BCUT2D eigenvalue weighted by Crippen LogP contribution is 2.16. The summed E-state index contributed by atoms with van der Waals surface area (Å²) < 4.78 is 16.9. The lowest BCUT2D eigenvalue weighted by Gasteiger charge is -2.18. The van der Waals surface area contributed by atoms with Crippen LogP contribution in [-0.2, 0) is 28.6 Å². The van der Waals surface area contributed by atoms with Crippen LogP contribution in [0.4, 0.5) is 0 Å². The Morgan fingerprint density at radius 1 is 0.273 bits per heavy atom. The average molecular weight is 1070 g/mol. The highest BCUT2D eigenvalue weighted by Gasteiger charge is 2.19. The van der Waals surface area contributed by atoms with Crippen molar-refractivity contribution in [3.8, 4) is 0 Å². The van der Waals surface area contributed by atoms with Crippen molar-refractivity contribution in [2.75, 3.05) is 13.2 Å². The number of hydrogen-bond donors (Lipinski definition) is 0. The molecule has 0 aromatic carbocycles. The van der Waals surface area contributed by atoms with Crippen LogP contribution in [0.2, 0.25) is 0 Å². The van der Waals surface area contributed by atoms with Crippen molar-refractivity contribution in [2.45, 2.75) is 297 Å². The molecule has 77 heavy (non-hydrogen) atoms. The van der Waals surface area contributed by atoms with E-state index in [1.165, 1.54) is 116 Å². The van der Waals surface area contributed by atoms with E-state index in [9.17, 15) is 14.4 Å². The summed E-state index contributed by atoms with van der Waals surface area (Å²) in [7, 11) is 0. The van der Waals surface area contributed by atoms with Crippen LogP contribution in [0.1, 0.15) is 290 Å². The molecule has 1 unspecified atom stereocenters. The van der Waals surface area contributed by atoms with Crippen LogP contribution in [0.3, 0.4) is 0 Å². The molecule has 0 spiro atoms. The average Bonchev–Trinajstić information content (AvgIpc) is 3.43. The summed E-state index contributed by atoms with van der Waals surface area (Å²) in [5.74, 6) is -0.948. The second-order valence-corrected chi connectivity index (χ2v) is 20.9. The van der Waals surface area contributed by atoms with Gasteiger partial charge in [-0.3, -0.25) is 14.4 Å². The zero-order valence-corrected chi connectivity index (χ0v) is 50.2. The Kier molecular flexibility index (Phi) is 60.8. The number of ether oxygens (including phenoxy) is 3. The molecule has 0 amide bonds. The highest BCUT2D eigenvalue weighted by molar-refractivity contribution is 5.71. The molecule has 0 rings (SSSR count). The fourth-order valence-corrected chi connectivity index (χ4v) is 8.73. The molecule has 0 bridgehead atoms. The highest BCUT2D eigenvalue weighted by atomic mass is 16.6. The third-order valence-corrected chi connectivity index (χ3v) is 13.5. The maximum Gasteiger partial charge on any atom is 0.306 e. The van der Waals surface area contributed by atoms with E-state index in [2.05, 4.69) is 142 Å². The van der Waals surface area contributed by atoms with Crippen molar-refractivity contribution < 1.29 is 28.6 Å². The van der Waals surface area contributed by atoms with Crippen molar-refractivity contribution in [3.63, 3.8) is 0 Å². The molecule has 6 nitrogen and oxygen atoms in total. The SMILES string of the molecule is CC/C=C\C/C=C\C/C=C\C/C=C\C/C=C\C/C=C\CCCCCCCCC(=O)OCC(COC(=O)CCCC/C=C\C/C=C\C/C=C\C/C=C\CC)OC(=O)CCCCCCCCCCCCCCCCCCCCC. The normalized spacial score (nSPS) is 12.9. The number of carbonyl (C=O) groups excluding carboxylic acids is 3. The Hall–Kier alpha value is -4.19. The summed E-state index contributed by atoms with van der Waals surface area (Å²) in [6.07, 6.45) is 89.2. The van der Waals surface area contributed by atoms with Crippen LogP contribution in [0.25, 0.3) is 0 Å². The van der Waals surface area contributed by atoms with Crippen LogP contribution < -0.4 is 0 Å². The van der Waals surface area contributed by atoms with E-state index in [0.717, 1.165) is 135 Å². The van der Waals surface area contributed by atoms with Crippen LogP contribution in [0.5, 0.6) is 0 Å². The minimum Gasteiger partial charge on any atom is -0.462 e. The Labute approximate surface area is 475 Å². The first kappa shape index (κ1) is 72.8. The molecule has 1 atom stereocenters. The number of unbranched alkanes of at least 4 members (excludes halogenated alkanes) is 26. The Morgan fingerprint density at radius 2 is 0.506 bits per heavy atom. The van der Waals surface area contributed by atoms with Gasteiger partial charge in [-0.15, -0.1) is 0 Å². The van der Waals surface area contributed by atoms with E-state index in [1.807, 2.05) is 0 Å². The molecule has 0 N–H and O–H groups in total. The molecule has 438 valence electrons. The van der Waals surface area contributed by atoms with Crippen LogP contribution >= 0.6 is 0 Å². The van der Waals surface area contributed by atoms with E-state index < -0.39 is 6.10 Å². The van der Waals surface area contributed by atoms with Crippen LogP contribution in [-0.4, -0.2) is 37.2 Å². The molecule has 0 heterocycles. The molecule has 0 aromatic heterocycles. The second kappa shape index (κ2) is 64.3. The van der Waals surface area contributed by atoms with Gasteiger partial charge in [-0.1, -0.05) is 284 Å². The molecular weight excluding hydrogens is 949 g/mol. The van der Waals surface area contributed by atoms with E-state index in [-0.39, 0.29) is 31.1 Å². The van der Waals surface area contributed by atoms with Gasteiger partial charge in [0.05, 0.1) is 0 Å². The Balaban J connectivity index is 4.43. The maximum atomic E-state index is 12.9. The second-order valence-electron chi connectivity index (χ2n) is 20.9. The fourth-order valence-electron chi connectivity index (χ4n) is 8.73. The minimum absolute atomic E-state index is 0.0997. The van der Waals surface area contributed by atoms with E-state index in [1.54, 1.807) is 0 Å². The minimum atomic E-state index is -0.804. The molecular formula is C71H118O6. The smallest absolute Gasteiger partial charge is 0.306 e. The number of hydrogen-bond acceptors (Lipinski definition) is 6. The molecule has 0 aromatic rings. The van der Waals surface area contributed by atoms with Crippen molar-refractivity contribution >= 4 is 17.9 Å². The van der Waals surface area contributed by atoms with Crippen molar-refractivity contribution in [1.29, 1.82) is 0 Å². The molecule has 6 heteroatoms. The molecule has 0 aliphatic heterocycles. The molecule has 0 aliphatic rings. The van der Waals surface area contributed by atoms with Gasteiger partial charge < -0.3 is 14.2 Å². The summed E-state index contributed by atoms with van der Waals surface area (Å²) in [6, 6.07) is 0. The van der Waals surface area contributed by atoms with Gasteiger partial charge in [0.25, 0.3) is 0 Å². The zero-order valence-electron chi connectivity index (χ0n) is 50.2. The Morgan fingerprint density at radius 3 is 0.818 bits per heavy atom. The summed E-state index contributed by atoms with van der Waals surface area (Å²) in [5.41, 5.74) is 0. The third kappa shape index (κ3) is 62.5. The van der Waals surface area contributed by atoms with Crippen molar-refractivity contribution in [3.05, 3.63) is 122 Å². The summed E-state index contributed by atoms with van der Waals surface area (Å²) in [6.45, 7) is 6.39. The molecule has 0 aliphatic carbocycles. The van der Waals surface area contributed by atoms with E-state index in [0.29, 0.717) is 19.3 Å². The number of rotatable bonds is 57. The summed E-state index contributed by atoms with van der Waals surface area (Å²) in [4.78, 5) is 38.3. The van der Waals surface area contributed by atoms with Gasteiger partial charge in [0, 0.05) is 19.3 Å². The summed E-state index contributed by atoms with van der Waals surface area (Å²) in [5, 5.41) is 0. The van der Waals surface area contributed by atoms with E-state index in [4.69, 9.17) is 14.2 Å². The first-order valence-electron chi connectivity index (χ1n) is 32.0. The van der Waals surface area contributed by atoms with Gasteiger partial charge in [-0.2, -0.15) is 0 Å². The topological polar surface area (TPSA) is 78.9 Å². The standard InChI is InChI=1S/C71H118O6/c1-4-7-10-13-16-19-22-25-28-30-32-33-34-35-36-37-39-40-43-46-49-52-55-58-61-64-70(73)76-67-68(66-75-69(72)63-60-57-54-51-48-45-42-27-24-21-18-15-12-9-6-3)77-71(74)65-62-59-56-53-50-47-44-41-38-31-29-26-23-20-17-14-11-8-5-2/h7,9-10,12,16,18-19,21,25,27-28,32-33,35-36,39-40,42,48,51,68H,4-6,8,11,13-15,17,20,22-24,26,29-31,34,37-38,41,43-47,49-50,52-67H2,1-3H3/b10-7-,12-9-,19-16-,21-18-,28-25-,33-32-,36-35-,40-39-,42-27-,51-48-. The number of carbonyl (C=O) groups is 3. The van der Waals surface area contributed by atoms with Crippen molar-refractivity contribution in [1.82, 2.24) is 0 Å². The van der Waals surface area contributed by atoms with Gasteiger partial charge >= 0.3 is 17.9 Å². The van der Waals surface area contributed by atoms with Gasteiger partial charge in [0.15, 0.2) is 6.10 Å². The molecule has 0 fully saturated rings. The Bertz CT molecular complexity index is 1600. The predicted octanol–water partition coefficient (Wildman–Crippen LogP) is 22.0. The zero-order chi connectivity index (χ0) is 55.7. The maximum absolute atomic E-state index is 12.9. The number of esters is 3. The van der Waals surface area contributed by atoms with Crippen LogP contribution in [0.15, 0.2) is 122 Å². The first-order chi connectivity index (χ1) is 38.0. The van der Waals surface area contributed by atoms with Gasteiger partial charge in [-0.25, -0.2) is 0 Å². The third-order valence-electron chi connectivity index (χ3n) is 13.5. The lowest BCUT2D eigenvalue weighted by molar-refractivity contribution is -0.167. The molecule has 0 saturated heterocycles. The monoisotopic (exact) mass is 1070 g/mol. The number of allylic oxidation sites excluding steroid dienone is 20. The largest absolute Gasteiger partial charge is 0.462 e. The van der Waals surface area contributed by atoms with Crippen LogP contribution in [0, 0.1) is 0 Å². The quantitative estimate of drug-likeness (QED) is 0.0261. The molecule has 0 saturated carbocycles. The van der Waals surface area contributed by atoms with Gasteiger partial charge in [-0.05, 0) is 109 Å². The lowest BCUT2D eigenvalue weighted by Crippen LogP contribution is -2.30. The van der Waals surface area contributed by atoms with E-state index >= 15 is 0 Å². The summed E-state index contributed by atoms with van der Waals surface area (Å²) >= 11 is 0. The lowest BCUT2D eigenvalue weighted by atomic mass is 10.0. The van der Waals surface area contributed by atoms with Gasteiger partial charge in [0.2, 0.25) is 0 Å². The fraction of sp³-hybridized carbons (Fsp3) is 0.676. The van der Waals surface area contributed by atoms with Crippen molar-refractivity contribution in [2.24, 2.45) is 0 Å². The molecule has 0 radical (unpaired) electrons.